The molecule has 0 aromatic heterocycles. The molecule has 0 unspecified atom stereocenters. The number of benzene rings is 1. The average molecular weight is 234 g/mol. The van der Waals surface area contributed by atoms with E-state index in [9.17, 15) is 4.79 Å². The third-order valence-corrected chi connectivity index (χ3v) is 3.03. The minimum atomic E-state index is -0.0469. The van der Waals surface area contributed by atoms with Crippen molar-refractivity contribution in [2.45, 2.75) is 18.9 Å². The third kappa shape index (κ3) is 2.97. The lowest BCUT2D eigenvalue weighted by Crippen LogP contribution is -2.42. The molecule has 0 atom stereocenters. The molecule has 0 radical (unpaired) electrons. The highest BCUT2D eigenvalue weighted by atomic mass is 16.5. The summed E-state index contributed by atoms with van der Waals surface area (Å²) in [5.41, 5.74) is 0.605. The van der Waals surface area contributed by atoms with E-state index in [1.165, 1.54) is 0 Å². The lowest BCUT2D eigenvalue weighted by molar-refractivity contribution is 0.0926. The molecule has 0 spiro atoms. The van der Waals surface area contributed by atoms with Gasteiger partial charge in [0, 0.05) is 6.04 Å². The molecule has 2 rings (SSSR count). The van der Waals surface area contributed by atoms with Gasteiger partial charge in [0.05, 0.1) is 12.7 Å². The molecular formula is C13H18N2O2. The fourth-order valence-corrected chi connectivity index (χ4v) is 2.06. The Kier molecular flexibility index (Phi) is 3.98. The molecule has 1 aromatic rings. The van der Waals surface area contributed by atoms with E-state index in [0.717, 1.165) is 25.9 Å². The summed E-state index contributed by atoms with van der Waals surface area (Å²) in [6.07, 6.45) is 1.97. The number of nitrogens with one attached hydrogen (secondary N) is 2. The standard InChI is InChI=1S/C13H18N2O2/c1-17-12-5-3-2-4-11(12)13(16)15-10-6-8-14-9-7-10/h2-5,10,14H,6-9H2,1H3,(H,15,16). The molecule has 1 fully saturated rings. The van der Waals surface area contributed by atoms with Crippen LogP contribution < -0.4 is 15.4 Å². The molecule has 4 nitrogen and oxygen atoms in total. The average Bonchev–Trinajstić information content (AvgIpc) is 2.40. The molecule has 17 heavy (non-hydrogen) atoms. The summed E-state index contributed by atoms with van der Waals surface area (Å²) in [6, 6.07) is 7.57. The molecule has 1 aliphatic heterocycles. The first-order valence-electron chi connectivity index (χ1n) is 5.96. The number of methoxy groups -OCH3 is 1. The Balaban J connectivity index is 2.03. The van der Waals surface area contributed by atoms with Crippen molar-refractivity contribution < 1.29 is 9.53 Å². The normalized spacial score (nSPS) is 16.5. The Morgan fingerprint density at radius 1 is 1.35 bits per heavy atom. The van der Waals surface area contributed by atoms with Gasteiger partial charge >= 0.3 is 0 Å². The van der Waals surface area contributed by atoms with Crippen LogP contribution in [-0.2, 0) is 0 Å². The lowest BCUT2D eigenvalue weighted by Gasteiger charge is -2.24. The van der Waals surface area contributed by atoms with Gasteiger partial charge in [-0.3, -0.25) is 4.79 Å². The summed E-state index contributed by atoms with van der Waals surface area (Å²) in [4.78, 5) is 12.1. The summed E-state index contributed by atoms with van der Waals surface area (Å²) in [6.45, 7) is 1.94. The monoisotopic (exact) mass is 234 g/mol. The van der Waals surface area contributed by atoms with E-state index >= 15 is 0 Å². The third-order valence-electron chi connectivity index (χ3n) is 3.03. The largest absolute Gasteiger partial charge is 0.496 e. The van der Waals surface area contributed by atoms with Crippen molar-refractivity contribution in [3.05, 3.63) is 29.8 Å². The SMILES string of the molecule is COc1ccccc1C(=O)NC1CCNCC1. The van der Waals surface area contributed by atoms with E-state index in [0.29, 0.717) is 11.3 Å². The van der Waals surface area contributed by atoms with Gasteiger partial charge in [-0.1, -0.05) is 12.1 Å². The van der Waals surface area contributed by atoms with Gasteiger partial charge in [-0.15, -0.1) is 0 Å². The van der Waals surface area contributed by atoms with Crippen LogP contribution in [0.4, 0.5) is 0 Å². The van der Waals surface area contributed by atoms with Crippen molar-refractivity contribution in [3.8, 4) is 5.75 Å². The molecule has 1 aromatic carbocycles. The van der Waals surface area contributed by atoms with Crippen molar-refractivity contribution >= 4 is 5.91 Å². The van der Waals surface area contributed by atoms with Crippen LogP contribution in [0.2, 0.25) is 0 Å². The minimum absolute atomic E-state index is 0.0469. The van der Waals surface area contributed by atoms with E-state index in [2.05, 4.69) is 10.6 Å². The lowest BCUT2D eigenvalue weighted by atomic mass is 10.1. The van der Waals surface area contributed by atoms with Crippen LogP contribution >= 0.6 is 0 Å². The van der Waals surface area contributed by atoms with Crippen LogP contribution in [0.25, 0.3) is 0 Å². The predicted octanol–water partition coefficient (Wildman–Crippen LogP) is 1.18. The molecule has 92 valence electrons. The predicted molar refractivity (Wildman–Crippen MR) is 66.4 cm³/mol. The Hall–Kier alpha value is -1.55. The summed E-state index contributed by atoms with van der Waals surface area (Å²) in [7, 11) is 1.58. The first-order chi connectivity index (χ1) is 8.31. The van der Waals surface area contributed by atoms with Crippen molar-refractivity contribution in [1.29, 1.82) is 0 Å². The van der Waals surface area contributed by atoms with E-state index in [-0.39, 0.29) is 11.9 Å². The fraction of sp³-hybridized carbons (Fsp3) is 0.462. The Morgan fingerprint density at radius 2 is 2.06 bits per heavy atom. The van der Waals surface area contributed by atoms with Gasteiger partial charge in [-0.25, -0.2) is 0 Å². The van der Waals surface area contributed by atoms with Crippen LogP contribution in [0.3, 0.4) is 0 Å². The number of rotatable bonds is 3. The van der Waals surface area contributed by atoms with Crippen molar-refractivity contribution in [2.24, 2.45) is 0 Å². The zero-order chi connectivity index (χ0) is 12.1. The number of carbonyl (C=O) groups is 1. The van der Waals surface area contributed by atoms with Crippen LogP contribution in [-0.4, -0.2) is 32.1 Å². The van der Waals surface area contributed by atoms with Crippen LogP contribution in [0.5, 0.6) is 5.75 Å². The summed E-state index contributed by atoms with van der Waals surface area (Å²) in [5, 5.41) is 6.33. The first kappa shape index (κ1) is 11.9. The Labute approximate surface area is 101 Å². The second-order valence-electron chi connectivity index (χ2n) is 4.20. The second kappa shape index (κ2) is 5.68. The number of amides is 1. The molecule has 0 aliphatic carbocycles. The van der Waals surface area contributed by atoms with E-state index < -0.39 is 0 Å². The Bertz CT molecular complexity index is 387. The molecule has 0 saturated carbocycles. The van der Waals surface area contributed by atoms with Gasteiger partial charge in [-0.2, -0.15) is 0 Å². The van der Waals surface area contributed by atoms with Crippen LogP contribution in [0, 0.1) is 0 Å². The first-order valence-corrected chi connectivity index (χ1v) is 5.96. The zero-order valence-electron chi connectivity index (χ0n) is 10.0. The minimum Gasteiger partial charge on any atom is -0.496 e. The summed E-state index contributed by atoms with van der Waals surface area (Å²) < 4.78 is 5.18. The number of hydrogen-bond donors (Lipinski definition) is 2. The summed E-state index contributed by atoms with van der Waals surface area (Å²) in [5.74, 6) is 0.577. The second-order valence-corrected chi connectivity index (χ2v) is 4.20. The molecule has 1 heterocycles. The van der Waals surface area contributed by atoms with Gasteiger partial charge < -0.3 is 15.4 Å². The maximum atomic E-state index is 12.1. The maximum Gasteiger partial charge on any atom is 0.255 e. The molecule has 2 N–H and O–H groups in total. The number of para-hydroxylation sites is 1. The molecule has 1 aliphatic rings. The topological polar surface area (TPSA) is 50.4 Å². The number of piperidine rings is 1. The number of hydrogen-bond acceptors (Lipinski definition) is 3. The molecule has 1 saturated heterocycles. The highest BCUT2D eigenvalue weighted by Crippen LogP contribution is 2.17. The Morgan fingerprint density at radius 3 is 2.76 bits per heavy atom. The van der Waals surface area contributed by atoms with Gasteiger partial charge in [0.25, 0.3) is 5.91 Å². The van der Waals surface area contributed by atoms with E-state index in [1.54, 1.807) is 19.2 Å². The van der Waals surface area contributed by atoms with Crippen molar-refractivity contribution in [3.63, 3.8) is 0 Å². The van der Waals surface area contributed by atoms with Crippen molar-refractivity contribution in [2.75, 3.05) is 20.2 Å². The molecule has 4 heteroatoms. The van der Waals surface area contributed by atoms with Crippen LogP contribution in [0.15, 0.2) is 24.3 Å². The number of carbonyl (C=O) groups excluding carboxylic acids is 1. The highest BCUT2D eigenvalue weighted by molar-refractivity contribution is 5.97. The maximum absolute atomic E-state index is 12.1. The van der Waals surface area contributed by atoms with Gasteiger partial charge in [-0.05, 0) is 38.1 Å². The fourth-order valence-electron chi connectivity index (χ4n) is 2.06. The van der Waals surface area contributed by atoms with E-state index in [1.807, 2.05) is 12.1 Å². The van der Waals surface area contributed by atoms with Gasteiger partial charge in [0.1, 0.15) is 5.75 Å². The smallest absolute Gasteiger partial charge is 0.255 e. The van der Waals surface area contributed by atoms with Crippen molar-refractivity contribution in [1.82, 2.24) is 10.6 Å². The zero-order valence-corrected chi connectivity index (χ0v) is 10.0. The van der Waals surface area contributed by atoms with Gasteiger partial charge in [0.2, 0.25) is 0 Å². The van der Waals surface area contributed by atoms with E-state index in [4.69, 9.17) is 4.74 Å². The van der Waals surface area contributed by atoms with Crippen LogP contribution in [0.1, 0.15) is 23.2 Å². The van der Waals surface area contributed by atoms with Gasteiger partial charge in [0.15, 0.2) is 0 Å². The molecular weight excluding hydrogens is 216 g/mol. The number of ether oxygens (including phenoxy) is 1. The molecule has 1 amide bonds. The summed E-state index contributed by atoms with van der Waals surface area (Å²) >= 11 is 0. The highest BCUT2D eigenvalue weighted by Gasteiger charge is 2.18. The quantitative estimate of drug-likeness (QED) is 0.825. The molecule has 0 bridgehead atoms.